The average Bonchev–Trinajstić information content (AvgIpc) is 3.26. The first kappa shape index (κ1) is 27.0. The van der Waals surface area contributed by atoms with E-state index >= 15 is 0 Å². The van der Waals surface area contributed by atoms with Crippen LogP contribution in [0.25, 0.3) is 0 Å². The predicted molar refractivity (Wildman–Crippen MR) is 141 cm³/mol. The number of ether oxygens (including phenoxy) is 3. The fourth-order valence-corrected chi connectivity index (χ4v) is 8.15. The molecule has 0 saturated carbocycles. The van der Waals surface area contributed by atoms with Crippen molar-refractivity contribution >= 4 is 43.3 Å². The van der Waals surface area contributed by atoms with Crippen LogP contribution in [0.2, 0.25) is 0 Å². The second kappa shape index (κ2) is 9.69. The number of hydrogen-bond donors (Lipinski definition) is 0. The molecule has 198 valence electrons. The van der Waals surface area contributed by atoms with E-state index in [0.717, 1.165) is 10.0 Å². The maximum absolute atomic E-state index is 13.8. The number of para-hydroxylation sites is 1. The van der Waals surface area contributed by atoms with Crippen molar-refractivity contribution in [2.75, 3.05) is 12.0 Å². The first-order valence-corrected chi connectivity index (χ1v) is 13.9. The summed E-state index contributed by atoms with van der Waals surface area (Å²) < 4.78 is 17.1. The number of rotatable bonds is 3. The van der Waals surface area contributed by atoms with Gasteiger partial charge in [0.15, 0.2) is 0 Å². The number of benzene rings is 2. The van der Waals surface area contributed by atoms with Crippen molar-refractivity contribution < 1.29 is 28.6 Å². The van der Waals surface area contributed by atoms with E-state index in [2.05, 4.69) is 0 Å². The minimum atomic E-state index is -0.936. The number of nitrogens with zero attached hydrogens (tertiary/aromatic N) is 2. The summed E-state index contributed by atoms with van der Waals surface area (Å²) in [5.74, 6) is -0.551. The molecule has 2 aromatic carbocycles. The minimum absolute atomic E-state index is 0.283. The van der Waals surface area contributed by atoms with Crippen LogP contribution >= 0.6 is 0 Å². The second-order valence-corrected chi connectivity index (χ2v) is 14.1. The molecule has 0 aliphatic carbocycles. The molecular formula is C28H34N2O6Se. The monoisotopic (exact) mass is 574 g/mol. The van der Waals surface area contributed by atoms with Gasteiger partial charge in [-0.05, 0) is 0 Å². The van der Waals surface area contributed by atoms with Crippen LogP contribution in [-0.2, 0) is 23.3 Å². The van der Waals surface area contributed by atoms with Crippen molar-refractivity contribution in [3.8, 4) is 0 Å². The predicted octanol–water partition coefficient (Wildman–Crippen LogP) is 4.18. The van der Waals surface area contributed by atoms with Gasteiger partial charge in [0, 0.05) is 0 Å². The van der Waals surface area contributed by atoms with E-state index in [1.807, 2.05) is 54.6 Å². The fourth-order valence-electron chi connectivity index (χ4n) is 4.87. The molecule has 2 aliphatic rings. The molecule has 1 saturated heterocycles. The Morgan fingerprint density at radius 2 is 1.43 bits per heavy atom. The van der Waals surface area contributed by atoms with Gasteiger partial charge in [-0.2, -0.15) is 0 Å². The molecule has 2 aromatic rings. The third-order valence-corrected chi connectivity index (χ3v) is 9.17. The van der Waals surface area contributed by atoms with Gasteiger partial charge in [0.2, 0.25) is 0 Å². The summed E-state index contributed by atoms with van der Waals surface area (Å²) in [6, 6.07) is 16.6. The molecule has 2 heterocycles. The molecular weight excluding hydrogens is 539 g/mol. The first-order valence-electron chi connectivity index (χ1n) is 12.2. The van der Waals surface area contributed by atoms with Crippen molar-refractivity contribution in [3.63, 3.8) is 0 Å². The Hall–Kier alpha value is -3.03. The zero-order valence-electron chi connectivity index (χ0n) is 22.3. The Kier molecular flexibility index (Phi) is 7.08. The van der Waals surface area contributed by atoms with E-state index in [4.69, 9.17) is 14.2 Å². The summed E-state index contributed by atoms with van der Waals surface area (Å²) in [6.07, 6.45) is -1.82. The molecule has 0 bridgehead atoms. The van der Waals surface area contributed by atoms with Crippen LogP contribution in [-0.4, -0.2) is 68.5 Å². The van der Waals surface area contributed by atoms with Gasteiger partial charge in [-0.1, -0.05) is 0 Å². The molecule has 0 radical (unpaired) electrons. The molecule has 4 rings (SSSR count). The third-order valence-electron chi connectivity index (χ3n) is 6.09. The van der Waals surface area contributed by atoms with E-state index in [1.54, 1.807) is 41.5 Å². The molecule has 0 aromatic heterocycles. The molecule has 8 nitrogen and oxygen atoms in total. The Morgan fingerprint density at radius 1 is 0.865 bits per heavy atom. The number of fused-ring (bicyclic) bond motifs is 3. The van der Waals surface area contributed by atoms with E-state index < -0.39 is 45.9 Å². The van der Waals surface area contributed by atoms with Crippen LogP contribution in [0.5, 0.6) is 0 Å². The summed E-state index contributed by atoms with van der Waals surface area (Å²) in [6.45, 7) is 10.7. The van der Waals surface area contributed by atoms with Gasteiger partial charge < -0.3 is 0 Å². The van der Waals surface area contributed by atoms with Crippen LogP contribution in [0.3, 0.4) is 0 Å². The van der Waals surface area contributed by atoms with Crippen LogP contribution < -0.4 is 9.36 Å². The Morgan fingerprint density at radius 3 is 2.03 bits per heavy atom. The number of amides is 2. The van der Waals surface area contributed by atoms with Crippen molar-refractivity contribution in [2.45, 2.75) is 75.7 Å². The third kappa shape index (κ3) is 5.20. The number of carbonyl (C=O) groups excluding carboxylic acids is 3. The molecule has 1 fully saturated rings. The van der Waals surface area contributed by atoms with E-state index in [-0.39, 0.29) is 21.4 Å². The van der Waals surface area contributed by atoms with E-state index in [0.29, 0.717) is 5.69 Å². The van der Waals surface area contributed by atoms with Gasteiger partial charge in [0.1, 0.15) is 0 Å². The van der Waals surface area contributed by atoms with Crippen LogP contribution in [0, 0.1) is 0 Å². The topological polar surface area (TPSA) is 85.4 Å². The van der Waals surface area contributed by atoms with Gasteiger partial charge in [0.05, 0.1) is 0 Å². The fraction of sp³-hybridized carbons (Fsp3) is 0.464. The SMILES string of the molecule is COC(=O)[C@@H]1C[C@@]2([Se]c3ccccc3)c3ccccc3N(C(=O)OC(C)(C)C)[C@H]2N1C(=O)OC(C)(C)C. The average molecular weight is 574 g/mol. The van der Waals surface area contributed by atoms with Gasteiger partial charge in [-0.3, -0.25) is 0 Å². The molecule has 2 amide bonds. The Labute approximate surface area is 224 Å². The molecule has 37 heavy (non-hydrogen) atoms. The van der Waals surface area contributed by atoms with E-state index in [9.17, 15) is 14.4 Å². The molecule has 2 aliphatic heterocycles. The molecule has 0 spiro atoms. The summed E-state index contributed by atoms with van der Waals surface area (Å²) in [5.41, 5.74) is -0.0135. The normalized spacial score (nSPS) is 22.8. The quantitative estimate of drug-likeness (QED) is 0.311. The zero-order chi connectivity index (χ0) is 27.2. The number of carbonyl (C=O) groups is 3. The number of anilines is 1. The number of methoxy groups -OCH3 is 1. The maximum atomic E-state index is 13.8. The number of likely N-dealkylation sites (tertiary alicyclic amines) is 1. The standard InChI is InChI=1S/C28H34N2O6Se/c1-26(2,3)35-24(32)29-20-16-12-11-15-19(20)28(37-18-13-9-8-10-14-18)17-21(22(31)34-7)30(23(28)29)25(33)36-27(4,5)6/h8-16,21,23H,17H2,1-7H3/t21-,23-,28+/m0/s1. The Balaban J connectivity index is 1.94. The van der Waals surface area contributed by atoms with Gasteiger partial charge in [-0.25, -0.2) is 0 Å². The van der Waals surface area contributed by atoms with Gasteiger partial charge in [-0.15, -0.1) is 0 Å². The van der Waals surface area contributed by atoms with Crippen molar-refractivity contribution in [2.24, 2.45) is 0 Å². The van der Waals surface area contributed by atoms with E-state index in [1.165, 1.54) is 16.9 Å². The summed E-state index contributed by atoms with van der Waals surface area (Å²) in [5, 5.41) is 0. The van der Waals surface area contributed by atoms with Crippen LogP contribution in [0.15, 0.2) is 54.6 Å². The van der Waals surface area contributed by atoms with Crippen molar-refractivity contribution in [1.82, 2.24) is 4.90 Å². The van der Waals surface area contributed by atoms with Gasteiger partial charge >= 0.3 is 225 Å². The number of hydrogen-bond acceptors (Lipinski definition) is 6. The van der Waals surface area contributed by atoms with Crippen LogP contribution in [0.4, 0.5) is 15.3 Å². The Bertz CT molecular complexity index is 1190. The number of esters is 1. The van der Waals surface area contributed by atoms with Gasteiger partial charge in [0.25, 0.3) is 0 Å². The summed E-state index contributed by atoms with van der Waals surface area (Å²) in [7, 11) is 1.30. The van der Waals surface area contributed by atoms with Crippen LogP contribution in [0.1, 0.15) is 53.5 Å². The van der Waals surface area contributed by atoms with Crippen molar-refractivity contribution in [1.29, 1.82) is 0 Å². The zero-order valence-corrected chi connectivity index (χ0v) is 24.0. The van der Waals surface area contributed by atoms with Crippen molar-refractivity contribution in [3.05, 3.63) is 60.2 Å². The molecule has 0 unspecified atom stereocenters. The summed E-state index contributed by atoms with van der Waals surface area (Å²) >= 11 is -0.283. The summed E-state index contributed by atoms with van der Waals surface area (Å²) in [4.78, 5) is 43.6. The molecule has 0 N–H and O–H groups in total. The second-order valence-electron chi connectivity index (χ2n) is 11.2. The molecule has 9 heteroatoms. The molecule has 3 atom stereocenters. The first-order chi connectivity index (χ1) is 17.3.